The molecule has 0 saturated carbocycles. The van der Waals surface area contributed by atoms with Crippen molar-refractivity contribution in [3.8, 4) is 0 Å². The molecule has 128 valence electrons. The summed E-state index contributed by atoms with van der Waals surface area (Å²) in [4.78, 5) is 14.2. The molecule has 0 bridgehead atoms. The van der Waals surface area contributed by atoms with Gasteiger partial charge in [0.25, 0.3) is 5.22 Å². The Morgan fingerprint density at radius 3 is 2.87 bits per heavy atom. The van der Waals surface area contributed by atoms with Crippen molar-refractivity contribution in [2.75, 3.05) is 23.8 Å². The molecule has 1 aromatic rings. The maximum Gasteiger partial charge on any atom is 0.277 e. The second-order valence-electron chi connectivity index (χ2n) is 6.23. The largest absolute Gasteiger partial charge is 0.416 e. The van der Waals surface area contributed by atoms with E-state index in [1.807, 2.05) is 4.90 Å². The van der Waals surface area contributed by atoms with Crippen molar-refractivity contribution in [3.63, 3.8) is 0 Å². The van der Waals surface area contributed by atoms with E-state index >= 15 is 0 Å². The molecule has 1 amide bonds. The van der Waals surface area contributed by atoms with Crippen molar-refractivity contribution in [2.24, 2.45) is 0 Å². The Balaban J connectivity index is 1.54. The Kier molecular flexibility index (Phi) is 4.96. The van der Waals surface area contributed by atoms with Gasteiger partial charge in [-0.25, -0.2) is 8.42 Å². The van der Waals surface area contributed by atoms with Crippen LogP contribution < -0.4 is 0 Å². The number of amides is 1. The fourth-order valence-electron chi connectivity index (χ4n) is 3.11. The highest BCUT2D eigenvalue weighted by Gasteiger charge is 2.33. The van der Waals surface area contributed by atoms with E-state index in [4.69, 9.17) is 4.42 Å². The number of rotatable bonds is 4. The van der Waals surface area contributed by atoms with Crippen LogP contribution in [0.3, 0.4) is 0 Å². The molecule has 3 heterocycles. The first-order valence-corrected chi connectivity index (χ1v) is 10.7. The molecule has 0 aromatic carbocycles. The molecule has 1 aromatic heterocycles. The van der Waals surface area contributed by atoms with Crippen LogP contribution in [-0.4, -0.2) is 59.3 Å². The molecule has 9 heteroatoms. The summed E-state index contributed by atoms with van der Waals surface area (Å²) >= 11 is 1.22. The third-order valence-corrected chi connectivity index (χ3v) is 7.02. The zero-order chi connectivity index (χ0) is 16.4. The van der Waals surface area contributed by atoms with Crippen LogP contribution in [0.4, 0.5) is 0 Å². The van der Waals surface area contributed by atoms with E-state index in [0.29, 0.717) is 23.6 Å². The van der Waals surface area contributed by atoms with Gasteiger partial charge in [0.1, 0.15) is 0 Å². The van der Waals surface area contributed by atoms with Gasteiger partial charge in [-0.15, -0.1) is 10.2 Å². The van der Waals surface area contributed by atoms with Crippen LogP contribution in [0.1, 0.15) is 44.4 Å². The number of hydrogen-bond acceptors (Lipinski definition) is 7. The van der Waals surface area contributed by atoms with Crippen molar-refractivity contribution >= 4 is 27.5 Å². The molecule has 7 nitrogen and oxygen atoms in total. The van der Waals surface area contributed by atoms with Crippen LogP contribution in [0.5, 0.6) is 0 Å². The minimum Gasteiger partial charge on any atom is -0.416 e. The van der Waals surface area contributed by atoms with E-state index in [1.165, 1.54) is 18.2 Å². The fourth-order valence-corrected chi connectivity index (χ4v) is 5.50. The number of likely N-dealkylation sites (tertiary alicyclic amines) is 1. The first-order chi connectivity index (χ1) is 10.9. The lowest BCUT2D eigenvalue weighted by molar-refractivity contribution is -0.131. The summed E-state index contributed by atoms with van der Waals surface area (Å²) in [5.41, 5.74) is 0. The van der Waals surface area contributed by atoms with Crippen LogP contribution in [-0.2, 0) is 14.6 Å². The van der Waals surface area contributed by atoms with E-state index < -0.39 is 9.84 Å². The van der Waals surface area contributed by atoms with E-state index in [-0.39, 0.29) is 29.1 Å². The molecule has 2 fully saturated rings. The minimum atomic E-state index is -2.98. The Hall–Kier alpha value is -1.09. The molecule has 0 aliphatic carbocycles. The number of thioether (sulfide) groups is 1. The predicted octanol–water partition coefficient (Wildman–Crippen LogP) is 1.46. The Morgan fingerprint density at radius 2 is 2.17 bits per heavy atom. The summed E-state index contributed by atoms with van der Waals surface area (Å²) in [5.74, 6) is 0.768. The SMILES string of the molecule is C[C@@H]1CCCCN1C(=O)CSc1nnc([C@@H]2CCS(=O)(=O)C2)o1. The van der Waals surface area contributed by atoms with Crippen molar-refractivity contribution in [1.29, 1.82) is 0 Å². The third-order valence-electron chi connectivity index (χ3n) is 4.45. The van der Waals surface area contributed by atoms with Crippen molar-refractivity contribution in [3.05, 3.63) is 5.89 Å². The average Bonchev–Trinajstić information content (AvgIpc) is 3.11. The quantitative estimate of drug-likeness (QED) is 0.751. The second-order valence-corrected chi connectivity index (χ2v) is 9.38. The summed E-state index contributed by atoms with van der Waals surface area (Å²) in [6, 6.07) is 0.291. The zero-order valence-corrected chi connectivity index (χ0v) is 14.7. The monoisotopic (exact) mass is 359 g/mol. The van der Waals surface area contributed by atoms with E-state index in [9.17, 15) is 13.2 Å². The van der Waals surface area contributed by atoms with Crippen LogP contribution in [0.25, 0.3) is 0 Å². The molecular weight excluding hydrogens is 338 g/mol. The average molecular weight is 359 g/mol. The standard InChI is InChI=1S/C14H21N3O4S2/c1-10-4-2-3-6-17(10)12(18)8-22-14-16-15-13(21-14)11-5-7-23(19,20)9-11/h10-11H,2-9H2,1H3/t10-,11-/m1/s1. The fraction of sp³-hybridized carbons (Fsp3) is 0.786. The van der Waals surface area contributed by atoms with Crippen molar-refractivity contribution < 1.29 is 17.6 Å². The van der Waals surface area contributed by atoms with Crippen LogP contribution >= 0.6 is 11.8 Å². The van der Waals surface area contributed by atoms with Gasteiger partial charge in [-0.05, 0) is 32.6 Å². The van der Waals surface area contributed by atoms with Gasteiger partial charge in [-0.1, -0.05) is 11.8 Å². The van der Waals surface area contributed by atoms with Crippen LogP contribution in [0.15, 0.2) is 9.64 Å². The number of carbonyl (C=O) groups excluding carboxylic acids is 1. The highest BCUT2D eigenvalue weighted by molar-refractivity contribution is 7.99. The molecule has 2 atom stereocenters. The van der Waals surface area contributed by atoms with Crippen molar-refractivity contribution in [2.45, 2.75) is 49.8 Å². The van der Waals surface area contributed by atoms with Crippen LogP contribution in [0, 0.1) is 0 Å². The molecule has 0 unspecified atom stereocenters. The number of sulfone groups is 1. The van der Waals surface area contributed by atoms with Gasteiger partial charge in [0.2, 0.25) is 11.8 Å². The summed E-state index contributed by atoms with van der Waals surface area (Å²) in [5, 5.41) is 8.20. The summed E-state index contributed by atoms with van der Waals surface area (Å²) < 4.78 is 28.5. The summed E-state index contributed by atoms with van der Waals surface area (Å²) in [7, 11) is -2.98. The molecule has 23 heavy (non-hydrogen) atoms. The van der Waals surface area contributed by atoms with Gasteiger partial charge in [0.05, 0.1) is 23.2 Å². The van der Waals surface area contributed by atoms with E-state index in [0.717, 1.165) is 19.4 Å². The Bertz CT molecular complexity index is 673. The topological polar surface area (TPSA) is 93.4 Å². The smallest absolute Gasteiger partial charge is 0.277 e. The van der Waals surface area contributed by atoms with Gasteiger partial charge in [0.15, 0.2) is 9.84 Å². The lowest BCUT2D eigenvalue weighted by Gasteiger charge is -2.33. The van der Waals surface area contributed by atoms with Crippen LogP contribution in [0.2, 0.25) is 0 Å². The van der Waals surface area contributed by atoms with Gasteiger partial charge >= 0.3 is 0 Å². The maximum atomic E-state index is 12.3. The van der Waals surface area contributed by atoms with Crippen molar-refractivity contribution in [1.82, 2.24) is 15.1 Å². The number of carbonyl (C=O) groups is 1. The van der Waals surface area contributed by atoms with E-state index in [1.54, 1.807) is 0 Å². The van der Waals surface area contributed by atoms with Gasteiger partial charge < -0.3 is 9.32 Å². The minimum absolute atomic E-state index is 0.0729. The highest BCUT2D eigenvalue weighted by atomic mass is 32.2. The molecule has 0 radical (unpaired) electrons. The normalized spacial score (nSPS) is 27.3. The second kappa shape index (κ2) is 6.80. The first kappa shape index (κ1) is 16.8. The van der Waals surface area contributed by atoms with Gasteiger partial charge in [-0.3, -0.25) is 4.79 Å². The lowest BCUT2D eigenvalue weighted by Crippen LogP contribution is -2.42. The maximum absolute atomic E-state index is 12.3. The number of hydrogen-bond donors (Lipinski definition) is 0. The molecule has 2 aliphatic heterocycles. The summed E-state index contributed by atoms with van der Waals surface area (Å²) in [6.07, 6.45) is 3.81. The highest BCUT2D eigenvalue weighted by Crippen LogP contribution is 2.30. The van der Waals surface area contributed by atoms with E-state index in [2.05, 4.69) is 17.1 Å². The summed E-state index contributed by atoms with van der Waals surface area (Å²) in [6.45, 7) is 2.89. The molecule has 2 saturated heterocycles. The molecule has 3 rings (SSSR count). The Morgan fingerprint density at radius 1 is 1.35 bits per heavy atom. The third kappa shape index (κ3) is 4.06. The van der Waals surface area contributed by atoms with Gasteiger partial charge in [-0.2, -0.15) is 0 Å². The molecular formula is C14H21N3O4S2. The zero-order valence-electron chi connectivity index (χ0n) is 13.1. The molecule has 0 N–H and O–H groups in total. The molecule has 2 aliphatic rings. The number of nitrogens with zero attached hydrogens (tertiary/aromatic N) is 3. The predicted molar refractivity (Wildman–Crippen MR) is 86.1 cm³/mol. The number of aromatic nitrogens is 2. The molecule has 0 spiro atoms. The Labute approximate surface area is 140 Å². The first-order valence-electron chi connectivity index (χ1n) is 7.91. The van der Waals surface area contributed by atoms with Gasteiger partial charge in [0, 0.05) is 12.6 Å². The lowest BCUT2D eigenvalue weighted by atomic mass is 10.0. The number of piperidine rings is 1.